The van der Waals surface area contributed by atoms with Crippen LogP contribution in [-0.4, -0.2) is 12.6 Å². The summed E-state index contributed by atoms with van der Waals surface area (Å²) >= 11 is 0. The lowest BCUT2D eigenvalue weighted by atomic mass is 9.71. The van der Waals surface area contributed by atoms with Crippen LogP contribution in [0, 0.1) is 17.8 Å². The van der Waals surface area contributed by atoms with E-state index in [2.05, 4.69) is 33.0 Å². The Labute approximate surface area is 102 Å². The smallest absolute Gasteiger partial charge is 0.00977 e. The zero-order valence-electron chi connectivity index (χ0n) is 11.8. The maximum absolute atomic E-state index is 3.79. The van der Waals surface area contributed by atoms with Gasteiger partial charge in [-0.05, 0) is 50.0 Å². The van der Waals surface area contributed by atoms with Gasteiger partial charge in [0.25, 0.3) is 0 Å². The number of nitrogens with one attached hydrogen (secondary N) is 1. The quantitative estimate of drug-likeness (QED) is 0.713. The minimum atomic E-state index is 0.785. The molecule has 0 aromatic carbocycles. The Morgan fingerprint density at radius 3 is 2.44 bits per heavy atom. The summed E-state index contributed by atoms with van der Waals surface area (Å²) in [5, 5.41) is 3.79. The summed E-state index contributed by atoms with van der Waals surface area (Å²) in [4.78, 5) is 0. The van der Waals surface area contributed by atoms with Crippen molar-refractivity contribution in [1.29, 1.82) is 0 Å². The molecule has 1 rings (SSSR count). The van der Waals surface area contributed by atoms with E-state index < -0.39 is 0 Å². The number of hydrogen-bond acceptors (Lipinski definition) is 1. The van der Waals surface area contributed by atoms with E-state index in [1.807, 2.05) is 0 Å². The van der Waals surface area contributed by atoms with E-state index in [-0.39, 0.29) is 0 Å². The molecule has 4 atom stereocenters. The van der Waals surface area contributed by atoms with E-state index in [1.54, 1.807) is 0 Å². The van der Waals surface area contributed by atoms with E-state index in [4.69, 9.17) is 0 Å². The second-order valence-electron chi connectivity index (χ2n) is 5.91. The lowest BCUT2D eigenvalue weighted by Crippen LogP contribution is -2.41. The van der Waals surface area contributed by atoms with Crippen LogP contribution in [0.4, 0.5) is 0 Å². The Morgan fingerprint density at radius 1 is 1.12 bits per heavy atom. The van der Waals surface area contributed by atoms with Gasteiger partial charge in [-0.15, -0.1) is 0 Å². The standard InChI is InChI=1S/C15H31N/c1-5-7-15(16-10-6-2)14-9-8-12(3)11-13(14)4/h12-16H,5-11H2,1-4H3. The zero-order valence-corrected chi connectivity index (χ0v) is 11.8. The van der Waals surface area contributed by atoms with Crippen LogP contribution in [0.15, 0.2) is 0 Å². The molecule has 0 saturated heterocycles. The molecule has 0 aromatic heterocycles. The van der Waals surface area contributed by atoms with Gasteiger partial charge in [0, 0.05) is 6.04 Å². The van der Waals surface area contributed by atoms with Gasteiger partial charge in [0.1, 0.15) is 0 Å². The molecule has 0 radical (unpaired) electrons. The van der Waals surface area contributed by atoms with Crippen molar-refractivity contribution >= 4 is 0 Å². The highest BCUT2D eigenvalue weighted by Gasteiger charge is 2.30. The predicted molar refractivity (Wildman–Crippen MR) is 72.7 cm³/mol. The summed E-state index contributed by atoms with van der Waals surface area (Å²) in [6.07, 6.45) is 8.28. The maximum atomic E-state index is 3.79. The summed E-state index contributed by atoms with van der Waals surface area (Å²) in [6.45, 7) is 10.7. The van der Waals surface area contributed by atoms with Gasteiger partial charge in [-0.3, -0.25) is 0 Å². The third kappa shape index (κ3) is 4.08. The van der Waals surface area contributed by atoms with Crippen molar-refractivity contribution in [2.75, 3.05) is 6.54 Å². The van der Waals surface area contributed by atoms with E-state index >= 15 is 0 Å². The van der Waals surface area contributed by atoms with Crippen LogP contribution in [-0.2, 0) is 0 Å². The van der Waals surface area contributed by atoms with Gasteiger partial charge in [0.15, 0.2) is 0 Å². The van der Waals surface area contributed by atoms with Crippen LogP contribution in [0.5, 0.6) is 0 Å². The molecule has 0 amide bonds. The second kappa shape index (κ2) is 7.32. The molecular weight excluding hydrogens is 194 g/mol. The van der Waals surface area contributed by atoms with Crippen LogP contribution in [0.25, 0.3) is 0 Å². The molecule has 1 N–H and O–H groups in total. The summed E-state index contributed by atoms with van der Waals surface area (Å²) < 4.78 is 0. The molecule has 0 bridgehead atoms. The summed E-state index contributed by atoms with van der Waals surface area (Å²) in [6, 6.07) is 0.785. The van der Waals surface area contributed by atoms with Gasteiger partial charge in [-0.1, -0.05) is 40.5 Å². The first-order chi connectivity index (χ1) is 7.69. The molecule has 1 saturated carbocycles. The molecule has 1 aliphatic rings. The minimum absolute atomic E-state index is 0.785. The third-order valence-electron chi connectivity index (χ3n) is 4.27. The molecule has 0 aromatic rings. The van der Waals surface area contributed by atoms with Gasteiger partial charge in [0.05, 0.1) is 0 Å². The highest BCUT2D eigenvalue weighted by molar-refractivity contribution is 4.84. The lowest BCUT2D eigenvalue weighted by molar-refractivity contribution is 0.153. The molecule has 1 fully saturated rings. The molecule has 1 heteroatoms. The Morgan fingerprint density at radius 2 is 1.88 bits per heavy atom. The van der Waals surface area contributed by atoms with Crippen molar-refractivity contribution in [3.8, 4) is 0 Å². The van der Waals surface area contributed by atoms with Gasteiger partial charge in [-0.2, -0.15) is 0 Å². The molecule has 1 nitrogen and oxygen atoms in total. The van der Waals surface area contributed by atoms with Crippen molar-refractivity contribution in [2.45, 2.75) is 72.3 Å². The molecular formula is C15H31N. The normalized spacial score (nSPS) is 32.6. The highest BCUT2D eigenvalue weighted by Crippen LogP contribution is 2.36. The van der Waals surface area contributed by atoms with E-state index in [9.17, 15) is 0 Å². The molecule has 0 heterocycles. The summed E-state index contributed by atoms with van der Waals surface area (Å²) in [5.74, 6) is 2.81. The predicted octanol–water partition coefficient (Wildman–Crippen LogP) is 4.23. The molecule has 4 unspecified atom stereocenters. The first-order valence-corrected chi connectivity index (χ1v) is 7.42. The number of rotatable bonds is 6. The maximum Gasteiger partial charge on any atom is 0.00977 e. The minimum Gasteiger partial charge on any atom is -0.314 e. The van der Waals surface area contributed by atoms with Crippen molar-refractivity contribution in [2.24, 2.45) is 17.8 Å². The van der Waals surface area contributed by atoms with Crippen LogP contribution < -0.4 is 5.32 Å². The summed E-state index contributed by atoms with van der Waals surface area (Å²) in [7, 11) is 0. The highest BCUT2D eigenvalue weighted by atomic mass is 14.9. The second-order valence-corrected chi connectivity index (χ2v) is 5.91. The Balaban J connectivity index is 2.48. The average Bonchev–Trinajstić information content (AvgIpc) is 2.25. The number of hydrogen-bond donors (Lipinski definition) is 1. The molecule has 0 aliphatic heterocycles. The van der Waals surface area contributed by atoms with Crippen molar-refractivity contribution in [1.82, 2.24) is 5.32 Å². The lowest BCUT2D eigenvalue weighted by Gasteiger charge is -2.38. The third-order valence-corrected chi connectivity index (χ3v) is 4.27. The van der Waals surface area contributed by atoms with Crippen LogP contribution >= 0.6 is 0 Å². The molecule has 0 spiro atoms. The Bertz CT molecular complexity index is 178. The van der Waals surface area contributed by atoms with E-state index in [1.165, 1.54) is 45.1 Å². The molecule has 16 heavy (non-hydrogen) atoms. The fraction of sp³-hybridized carbons (Fsp3) is 1.00. The van der Waals surface area contributed by atoms with E-state index in [0.29, 0.717) is 0 Å². The Hall–Kier alpha value is -0.0400. The van der Waals surface area contributed by atoms with Gasteiger partial charge in [0.2, 0.25) is 0 Å². The monoisotopic (exact) mass is 225 g/mol. The fourth-order valence-electron chi connectivity index (χ4n) is 3.39. The van der Waals surface area contributed by atoms with Gasteiger partial charge < -0.3 is 5.32 Å². The average molecular weight is 225 g/mol. The van der Waals surface area contributed by atoms with Crippen LogP contribution in [0.1, 0.15) is 66.2 Å². The first-order valence-electron chi connectivity index (χ1n) is 7.42. The van der Waals surface area contributed by atoms with Gasteiger partial charge >= 0.3 is 0 Å². The van der Waals surface area contributed by atoms with Crippen LogP contribution in [0.3, 0.4) is 0 Å². The Kier molecular flexibility index (Phi) is 6.41. The van der Waals surface area contributed by atoms with Crippen molar-refractivity contribution in [3.05, 3.63) is 0 Å². The fourth-order valence-corrected chi connectivity index (χ4v) is 3.39. The van der Waals surface area contributed by atoms with Crippen molar-refractivity contribution in [3.63, 3.8) is 0 Å². The van der Waals surface area contributed by atoms with Crippen molar-refractivity contribution < 1.29 is 0 Å². The summed E-state index contributed by atoms with van der Waals surface area (Å²) in [5.41, 5.74) is 0. The largest absolute Gasteiger partial charge is 0.314 e. The SMILES string of the molecule is CCCNC(CCC)C1CCC(C)CC1C. The first kappa shape index (κ1) is 14.0. The van der Waals surface area contributed by atoms with Gasteiger partial charge in [-0.25, -0.2) is 0 Å². The van der Waals surface area contributed by atoms with E-state index in [0.717, 1.165) is 23.8 Å². The molecule has 96 valence electrons. The topological polar surface area (TPSA) is 12.0 Å². The van der Waals surface area contributed by atoms with Crippen LogP contribution in [0.2, 0.25) is 0 Å². The zero-order chi connectivity index (χ0) is 12.0. The molecule has 1 aliphatic carbocycles.